The molecule has 0 fully saturated rings. The summed E-state index contributed by atoms with van der Waals surface area (Å²) in [4.78, 5) is 0. The van der Waals surface area contributed by atoms with Crippen molar-refractivity contribution in [2.45, 2.75) is 12.5 Å². The Morgan fingerprint density at radius 2 is 1.92 bits per heavy atom. The summed E-state index contributed by atoms with van der Waals surface area (Å²) in [7, 11) is -0.130. The van der Waals surface area contributed by atoms with Crippen molar-refractivity contribution in [3.05, 3.63) is 54.1 Å². The van der Waals surface area contributed by atoms with Gasteiger partial charge in [0.25, 0.3) is 0 Å². The number of allylic oxidation sites excluding steroid dienone is 4. The second-order valence-electron chi connectivity index (χ2n) is 3.62. The van der Waals surface area contributed by atoms with E-state index < -0.39 is 0 Å². The summed E-state index contributed by atoms with van der Waals surface area (Å²) >= 11 is 0. The molecule has 0 saturated carbocycles. The molecule has 2 rings (SSSR count). The molecule has 1 aliphatic carbocycles. The average molecular weight is 186 g/mol. The van der Waals surface area contributed by atoms with Crippen LogP contribution in [0.3, 0.4) is 0 Å². The van der Waals surface area contributed by atoms with Crippen molar-refractivity contribution < 1.29 is 0 Å². The zero-order valence-corrected chi connectivity index (χ0v) is 9.32. The lowest BCUT2D eigenvalue weighted by Crippen LogP contribution is -2.16. The molecule has 0 amide bonds. The molecule has 1 aromatic carbocycles. The molecule has 1 heteroatoms. The summed E-state index contributed by atoms with van der Waals surface area (Å²) in [5.74, 6) is 0. The Labute approximate surface area is 81.8 Å². The van der Waals surface area contributed by atoms with E-state index in [9.17, 15) is 0 Å². The first-order valence-corrected chi connectivity index (χ1v) is 6.27. The molecule has 0 radical (unpaired) electrons. The summed E-state index contributed by atoms with van der Waals surface area (Å²) in [6.07, 6.45) is 6.97. The molecule has 66 valence electrons. The van der Waals surface area contributed by atoms with E-state index in [1.54, 1.807) is 5.19 Å². The molecule has 13 heavy (non-hydrogen) atoms. The van der Waals surface area contributed by atoms with E-state index in [4.69, 9.17) is 0 Å². The third-order valence-electron chi connectivity index (χ3n) is 2.40. The Kier molecular flexibility index (Phi) is 2.46. The Morgan fingerprint density at radius 3 is 2.54 bits per heavy atom. The van der Waals surface area contributed by atoms with Crippen molar-refractivity contribution >= 4 is 14.7 Å². The maximum absolute atomic E-state index is 2.39. The first-order chi connectivity index (χ1) is 6.34. The van der Waals surface area contributed by atoms with Gasteiger partial charge in [-0.1, -0.05) is 59.3 Å². The lowest BCUT2D eigenvalue weighted by atomic mass is 10.3. The minimum absolute atomic E-state index is 0.130. The Bertz CT molecular complexity index is 335. The van der Waals surface area contributed by atoms with Crippen molar-refractivity contribution in [1.82, 2.24) is 0 Å². The van der Waals surface area contributed by atoms with Crippen molar-refractivity contribution in [2.75, 3.05) is 0 Å². The van der Waals surface area contributed by atoms with Gasteiger partial charge in [0, 0.05) is 0 Å². The van der Waals surface area contributed by atoms with Gasteiger partial charge in [-0.25, -0.2) is 0 Å². The van der Waals surface area contributed by atoms with Gasteiger partial charge in [-0.15, -0.1) is 0 Å². The molecule has 1 aromatic rings. The Morgan fingerprint density at radius 1 is 1.15 bits per heavy atom. The van der Waals surface area contributed by atoms with E-state index in [0.717, 1.165) is 5.54 Å². The largest absolute Gasteiger partial charge is 0.0803 e. The molecule has 1 unspecified atom stereocenters. The van der Waals surface area contributed by atoms with E-state index in [1.165, 1.54) is 5.57 Å². The fourth-order valence-corrected chi connectivity index (χ4v) is 3.59. The Balaban J connectivity index is 2.04. The molecule has 0 aromatic heterocycles. The van der Waals surface area contributed by atoms with Gasteiger partial charge in [0.15, 0.2) is 0 Å². The molecule has 0 saturated heterocycles. The molecule has 1 aliphatic rings. The zero-order chi connectivity index (χ0) is 9.10. The van der Waals surface area contributed by atoms with Crippen molar-refractivity contribution in [3.63, 3.8) is 0 Å². The molecule has 0 aliphatic heterocycles. The summed E-state index contributed by atoms with van der Waals surface area (Å²) in [5, 5.41) is 1.56. The molecule has 0 N–H and O–H groups in total. The monoisotopic (exact) mass is 186 g/mol. The van der Waals surface area contributed by atoms with Crippen LogP contribution in [0.2, 0.25) is 5.54 Å². The third kappa shape index (κ3) is 2.19. The van der Waals surface area contributed by atoms with Gasteiger partial charge < -0.3 is 0 Å². The predicted molar refractivity (Wildman–Crippen MR) is 61.3 cm³/mol. The van der Waals surface area contributed by atoms with Crippen LogP contribution in [0.1, 0.15) is 6.92 Å². The number of hydrogen-bond donors (Lipinski definition) is 0. The third-order valence-corrected chi connectivity index (χ3v) is 4.32. The van der Waals surface area contributed by atoms with Gasteiger partial charge in [0.05, 0.1) is 9.52 Å². The molecule has 0 heterocycles. The fraction of sp³-hybridized carbons (Fsp3) is 0.167. The summed E-state index contributed by atoms with van der Waals surface area (Å²) < 4.78 is 0. The lowest BCUT2D eigenvalue weighted by molar-refractivity contribution is 1.38. The number of hydrogen-bond acceptors (Lipinski definition) is 0. The van der Waals surface area contributed by atoms with Gasteiger partial charge >= 0.3 is 0 Å². The SMILES string of the molecule is CC1=CC([SiH2]c2ccccc2)C=C1. The quantitative estimate of drug-likeness (QED) is 0.618. The van der Waals surface area contributed by atoms with Crippen molar-refractivity contribution in [2.24, 2.45) is 0 Å². The highest BCUT2D eigenvalue weighted by molar-refractivity contribution is 6.56. The van der Waals surface area contributed by atoms with Crippen LogP contribution in [0.5, 0.6) is 0 Å². The molecular weight excluding hydrogens is 172 g/mol. The highest BCUT2D eigenvalue weighted by Gasteiger charge is 2.07. The van der Waals surface area contributed by atoms with Gasteiger partial charge in [-0.3, -0.25) is 0 Å². The first kappa shape index (κ1) is 8.51. The van der Waals surface area contributed by atoms with Crippen LogP contribution < -0.4 is 5.19 Å². The summed E-state index contributed by atoms with van der Waals surface area (Å²) in [5.41, 5.74) is 2.18. The van der Waals surface area contributed by atoms with Crippen LogP contribution in [0, 0.1) is 0 Å². The maximum atomic E-state index is 2.39. The van der Waals surface area contributed by atoms with Crippen molar-refractivity contribution in [3.8, 4) is 0 Å². The van der Waals surface area contributed by atoms with Crippen molar-refractivity contribution in [1.29, 1.82) is 0 Å². The summed E-state index contributed by atoms with van der Waals surface area (Å²) in [6, 6.07) is 10.9. The molecular formula is C12H14Si. The van der Waals surface area contributed by atoms with E-state index in [1.807, 2.05) is 0 Å². The standard InChI is InChI=1S/C12H14Si/c1-10-7-8-12(9-10)13-11-5-3-2-4-6-11/h2-9,12H,13H2,1H3. The highest BCUT2D eigenvalue weighted by Crippen LogP contribution is 2.18. The predicted octanol–water partition coefficient (Wildman–Crippen LogP) is 1.79. The van der Waals surface area contributed by atoms with Gasteiger partial charge in [0.2, 0.25) is 0 Å². The Hall–Kier alpha value is -1.08. The first-order valence-electron chi connectivity index (χ1n) is 4.75. The normalized spacial score (nSPS) is 21.3. The van der Waals surface area contributed by atoms with Crippen LogP contribution >= 0.6 is 0 Å². The minimum Gasteiger partial charge on any atom is -0.0803 e. The van der Waals surface area contributed by atoms with Gasteiger partial charge in [-0.2, -0.15) is 0 Å². The van der Waals surface area contributed by atoms with Gasteiger partial charge in [-0.05, 0) is 12.5 Å². The van der Waals surface area contributed by atoms with E-state index in [2.05, 4.69) is 55.5 Å². The van der Waals surface area contributed by atoms with E-state index in [0.29, 0.717) is 0 Å². The van der Waals surface area contributed by atoms with Crippen LogP contribution in [0.25, 0.3) is 0 Å². The molecule has 1 atom stereocenters. The smallest absolute Gasteiger partial charge is 0.0663 e. The van der Waals surface area contributed by atoms with Crippen LogP contribution in [-0.2, 0) is 0 Å². The topological polar surface area (TPSA) is 0 Å². The molecule has 0 spiro atoms. The van der Waals surface area contributed by atoms with Crippen LogP contribution in [-0.4, -0.2) is 9.52 Å². The van der Waals surface area contributed by atoms with Crippen LogP contribution in [0.4, 0.5) is 0 Å². The number of benzene rings is 1. The average Bonchev–Trinajstić information content (AvgIpc) is 2.53. The summed E-state index contributed by atoms with van der Waals surface area (Å²) in [6.45, 7) is 2.18. The highest BCUT2D eigenvalue weighted by atomic mass is 28.2. The van der Waals surface area contributed by atoms with E-state index >= 15 is 0 Å². The molecule has 0 nitrogen and oxygen atoms in total. The maximum Gasteiger partial charge on any atom is 0.0663 e. The second-order valence-corrected chi connectivity index (χ2v) is 5.79. The number of rotatable bonds is 2. The minimum atomic E-state index is -0.130. The second kappa shape index (κ2) is 3.75. The van der Waals surface area contributed by atoms with Gasteiger partial charge in [0.1, 0.15) is 0 Å². The zero-order valence-electron chi connectivity index (χ0n) is 7.90. The lowest BCUT2D eigenvalue weighted by Gasteiger charge is -2.03. The fourth-order valence-electron chi connectivity index (χ4n) is 1.74. The van der Waals surface area contributed by atoms with Crippen LogP contribution in [0.15, 0.2) is 54.1 Å². The van der Waals surface area contributed by atoms with E-state index in [-0.39, 0.29) is 9.52 Å². The molecule has 0 bridgehead atoms.